The summed E-state index contributed by atoms with van der Waals surface area (Å²) in [7, 11) is 0. The Morgan fingerprint density at radius 1 is 1.30 bits per heavy atom. The summed E-state index contributed by atoms with van der Waals surface area (Å²) in [5, 5.41) is 17.1. The molecule has 1 aromatic rings. The van der Waals surface area contributed by atoms with Gasteiger partial charge in [0.2, 0.25) is 0 Å². The average molecular weight is 146 g/mol. The lowest BCUT2D eigenvalue weighted by Crippen LogP contribution is -1.96. The fourth-order valence-corrected chi connectivity index (χ4v) is 0.461. The number of rotatable bonds is 1. The lowest BCUT2D eigenvalue weighted by molar-refractivity contribution is 0.0693. The molecule has 1 rings (SSSR count). The van der Waals surface area contributed by atoms with Gasteiger partial charge in [-0.25, -0.2) is 4.79 Å². The van der Waals surface area contributed by atoms with E-state index in [-0.39, 0.29) is 5.56 Å². The van der Waals surface area contributed by atoms with Crippen LogP contribution < -0.4 is 0 Å². The number of aromatic hydroxyl groups is 1. The first kappa shape index (κ1) is 6.61. The number of carbonyl (C=O) groups is 1. The Labute approximate surface area is 57.5 Å². The quantitative estimate of drug-likeness (QED) is 0.598. The maximum atomic E-state index is 10.2. The van der Waals surface area contributed by atoms with E-state index in [1.165, 1.54) is 0 Å². The van der Waals surface area contributed by atoms with Gasteiger partial charge in [-0.1, -0.05) is 0 Å². The zero-order chi connectivity index (χ0) is 7.56. The van der Waals surface area contributed by atoms with Crippen LogP contribution in [-0.4, -0.2) is 16.2 Å². The summed E-state index contributed by atoms with van der Waals surface area (Å²) >= 11 is 0. The van der Waals surface area contributed by atoms with Crippen molar-refractivity contribution in [3.63, 3.8) is 0 Å². The molecule has 0 fully saturated rings. The third kappa shape index (κ3) is 1.07. The van der Waals surface area contributed by atoms with Crippen LogP contribution in [0.3, 0.4) is 0 Å². The van der Waals surface area contributed by atoms with Crippen LogP contribution in [0.2, 0.25) is 0 Å². The van der Waals surface area contributed by atoms with Crippen LogP contribution in [0.4, 0.5) is 0 Å². The number of hydrogen-bond acceptors (Lipinski definition) is 2. The molecule has 0 saturated heterocycles. The number of hydrogen-bond donors (Lipinski definition) is 2. The van der Waals surface area contributed by atoms with Crippen LogP contribution in [0.5, 0.6) is 5.75 Å². The van der Waals surface area contributed by atoms with Crippen molar-refractivity contribution in [2.75, 3.05) is 0 Å². The summed E-state index contributed by atoms with van der Waals surface area (Å²) < 4.78 is 0. The van der Waals surface area contributed by atoms with E-state index < -0.39 is 11.7 Å². The lowest BCUT2D eigenvalue weighted by Gasteiger charge is -1.93. The zero-order valence-electron chi connectivity index (χ0n) is 4.80. The predicted molar refractivity (Wildman–Crippen MR) is 30.4 cm³/mol. The average Bonchev–Trinajstić information content (AvgIpc) is 1.88. The van der Waals surface area contributed by atoms with Crippen LogP contribution in [0, 0.1) is 24.3 Å². The Hall–Kier alpha value is -1.51. The third-order valence-electron chi connectivity index (χ3n) is 0.882. The molecular formula is C7H2O3. The topological polar surface area (TPSA) is 57.5 Å². The molecule has 0 aromatic heterocycles. The minimum atomic E-state index is -1.25. The minimum absolute atomic E-state index is 0.334. The molecular weight excluding hydrogens is 144 g/mol. The molecule has 10 heavy (non-hydrogen) atoms. The first-order valence-electron chi connectivity index (χ1n) is 2.40. The first-order valence-corrected chi connectivity index (χ1v) is 2.40. The van der Waals surface area contributed by atoms with Gasteiger partial charge in [0.1, 0.15) is 11.3 Å². The minimum Gasteiger partial charge on any atom is -0.506 e. The van der Waals surface area contributed by atoms with E-state index in [1.807, 2.05) is 0 Å². The lowest BCUT2D eigenvalue weighted by atomic mass is 11.2. The fraction of sp³-hybridized carbons (Fsp3) is 0. The van der Waals surface area contributed by atoms with Crippen molar-refractivity contribution in [2.24, 2.45) is 0 Å². The fourth-order valence-electron chi connectivity index (χ4n) is 0.461. The largest absolute Gasteiger partial charge is 0.506 e. The highest BCUT2D eigenvalue weighted by molar-refractivity contribution is 5.90. The first-order chi connectivity index (χ1) is 4.72. The van der Waals surface area contributed by atoms with Crippen LogP contribution in [0.25, 0.3) is 0 Å². The molecule has 1 aromatic carbocycles. The van der Waals surface area contributed by atoms with Gasteiger partial charge in [0.15, 0.2) is 0 Å². The maximum Gasteiger partial charge on any atom is 0.340 e. The van der Waals surface area contributed by atoms with Gasteiger partial charge in [-0.3, -0.25) is 0 Å². The summed E-state index contributed by atoms with van der Waals surface area (Å²) in [6, 6.07) is 8.79. The van der Waals surface area contributed by atoms with Gasteiger partial charge in [-0.05, 0) is 0 Å². The SMILES string of the molecule is O=C(O)[14c]1[14c][14c][14c][14c][14c]1O. The smallest absolute Gasteiger partial charge is 0.340 e. The van der Waals surface area contributed by atoms with E-state index in [0.29, 0.717) is 0 Å². The summed E-state index contributed by atoms with van der Waals surface area (Å²) in [6.07, 6.45) is 0. The Balaban J connectivity index is 3.15. The number of carboxylic acids is 1. The van der Waals surface area contributed by atoms with Gasteiger partial charge in [0.05, 0.1) is 0 Å². The van der Waals surface area contributed by atoms with E-state index in [9.17, 15) is 4.79 Å². The zero-order valence-corrected chi connectivity index (χ0v) is 4.80. The maximum absolute atomic E-state index is 10.2. The molecule has 0 saturated carbocycles. The van der Waals surface area contributed by atoms with Crippen LogP contribution in [0.1, 0.15) is 10.4 Å². The van der Waals surface area contributed by atoms with Gasteiger partial charge in [-0.15, -0.1) is 0 Å². The second-order valence-electron chi connectivity index (χ2n) is 1.53. The Morgan fingerprint density at radius 3 is 2.30 bits per heavy atom. The van der Waals surface area contributed by atoms with E-state index in [1.54, 1.807) is 0 Å². The highest BCUT2D eigenvalue weighted by atomic mass is 16.5. The third-order valence-corrected chi connectivity index (χ3v) is 0.882. The van der Waals surface area contributed by atoms with Crippen LogP contribution >= 0.6 is 0 Å². The van der Waals surface area contributed by atoms with Gasteiger partial charge >= 0.3 is 5.97 Å². The van der Waals surface area contributed by atoms with Crippen molar-refractivity contribution in [3.05, 3.63) is 29.8 Å². The summed E-state index contributed by atoms with van der Waals surface area (Å²) in [4.78, 5) is 10.2. The van der Waals surface area contributed by atoms with Crippen molar-refractivity contribution >= 4 is 5.97 Å². The molecule has 48 valence electrons. The molecule has 0 unspecified atom stereocenters. The number of aromatic carboxylic acids is 1. The van der Waals surface area contributed by atoms with Crippen molar-refractivity contribution < 1.29 is 15.0 Å². The van der Waals surface area contributed by atoms with E-state index in [2.05, 4.69) is 24.3 Å². The predicted octanol–water partition coefficient (Wildman–Crippen LogP) is 0.291. The van der Waals surface area contributed by atoms with Gasteiger partial charge in [0, 0.05) is 24.3 Å². The van der Waals surface area contributed by atoms with E-state index >= 15 is 0 Å². The molecule has 0 heterocycles. The number of carboxylic acid groups (broad SMARTS) is 1. The molecule has 3 heteroatoms. The van der Waals surface area contributed by atoms with Gasteiger partial charge in [0.25, 0.3) is 0 Å². The summed E-state index contributed by atoms with van der Waals surface area (Å²) in [5.74, 6) is -1.72. The summed E-state index contributed by atoms with van der Waals surface area (Å²) in [6.45, 7) is 0. The normalized spacial score (nSPS) is 9.20. The van der Waals surface area contributed by atoms with E-state index in [0.717, 1.165) is 0 Å². The molecule has 3 nitrogen and oxygen atoms in total. The molecule has 0 spiro atoms. The highest BCUT2D eigenvalue weighted by Gasteiger charge is 2.07. The molecule has 0 aliphatic carbocycles. The van der Waals surface area contributed by atoms with Crippen LogP contribution in [-0.2, 0) is 0 Å². The number of benzene rings is 1. The molecule has 2 N–H and O–H groups in total. The Morgan fingerprint density at radius 2 is 1.90 bits per heavy atom. The van der Waals surface area contributed by atoms with Crippen molar-refractivity contribution in [1.82, 2.24) is 0 Å². The molecule has 0 amide bonds. The second kappa shape index (κ2) is 2.39. The Bertz CT molecular complexity index is 255. The number of phenols is 1. The highest BCUT2D eigenvalue weighted by Crippen LogP contribution is 2.12. The van der Waals surface area contributed by atoms with E-state index in [4.69, 9.17) is 10.2 Å². The van der Waals surface area contributed by atoms with Crippen LogP contribution in [0.15, 0.2) is 0 Å². The molecule has 0 aliphatic rings. The molecule has 0 atom stereocenters. The van der Waals surface area contributed by atoms with Crippen molar-refractivity contribution in [2.45, 2.75) is 0 Å². The van der Waals surface area contributed by atoms with Gasteiger partial charge in [-0.2, -0.15) is 0 Å². The standard InChI is InChI=1S/C7H2O3/c8-6-4-2-1-3-5(6)7(9)10/h8H,(H,9,10)/i1+2,2+2,3+2,4+2,5+2,6+2. The van der Waals surface area contributed by atoms with Gasteiger partial charge < -0.3 is 10.2 Å². The monoisotopic (exact) mass is 146 g/mol. The second-order valence-corrected chi connectivity index (χ2v) is 1.53. The summed E-state index contributed by atoms with van der Waals surface area (Å²) in [5.41, 5.74) is -0.334. The van der Waals surface area contributed by atoms with Crippen molar-refractivity contribution in [1.29, 1.82) is 0 Å². The molecule has 0 bridgehead atoms. The van der Waals surface area contributed by atoms with Crippen molar-refractivity contribution in [3.8, 4) is 5.75 Å². The Kier molecular flexibility index (Phi) is 1.58. The molecule has 4 radical (unpaired) electrons. The molecule has 0 aliphatic heterocycles.